The van der Waals surface area contributed by atoms with E-state index in [4.69, 9.17) is 44.0 Å². The first-order valence-corrected chi connectivity index (χ1v) is 11.7. The van der Waals surface area contributed by atoms with Gasteiger partial charge in [-0.3, -0.25) is 9.48 Å². The number of ether oxygens (including phenoxy) is 1. The van der Waals surface area contributed by atoms with Crippen LogP contribution in [0.25, 0.3) is 0 Å². The van der Waals surface area contributed by atoms with Crippen molar-refractivity contribution < 1.29 is 13.9 Å². The molecule has 0 spiro atoms. The Labute approximate surface area is 213 Å². The fraction of sp³-hybridized carbons (Fsp3) is 0.130. The lowest BCUT2D eigenvalue weighted by molar-refractivity contribution is 0.0992. The smallest absolute Gasteiger partial charge is 0.292 e. The van der Waals surface area contributed by atoms with Crippen LogP contribution >= 0.6 is 50.7 Å². The number of carbonyl (C=O) groups excluding carboxylic acids is 1. The molecule has 2 aromatic heterocycles. The van der Waals surface area contributed by atoms with Crippen molar-refractivity contribution in [2.45, 2.75) is 20.1 Å². The quantitative estimate of drug-likeness (QED) is 0.252. The highest BCUT2D eigenvalue weighted by molar-refractivity contribution is 9.10. The van der Waals surface area contributed by atoms with Crippen molar-refractivity contribution in [3.8, 4) is 5.75 Å². The van der Waals surface area contributed by atoms with Gasteiger partial charge >= 0.3 is 0 Å². The summed E-state index contributed by atoms with van der Waals surface area (Å²) in [5.41, 5.74) is 1.83. The Kier molecular flexibility index (Phi) is 7.34. The van der Waals surface area contributed by atoms with E-state index in [1.807, 2.05) is 19.1 Å². The van der Waals surface area contributed by atoms with Crippen molar-refractivity contribution in [1.82, 2.24) is 9.78 Å². The molecular weight excluding hydrogens is 553 g/mol. The van der Waals surface area contributed by atoms with Gasteiger partial charge in [-0.15, -0.1) is 0 Å². The number of carbonyl (C=O) groups is 1. The minimum absolute atomic E-state index is 0.145. The Balaban J connectivity index is 1.37. The summed E-state index contributed by atoms with van der Waals surface area (Å²) in [6, 6.07) is 14.0. The molecule has 33 heavy (non-hydrogen) atoms. The largest absolute Gasteiger partial charge is 0.486 e. The third-order valence-corrected chi connectivity index (χ3v) is 6.42. The van der Waals surface area contributed by atoms with Gasteiger partial charge in [-0.2, -0.15) is 5.10 Å². The molecule has 6 nitrogen and oxygen atoms in total. The molecule has 0 aliphatic carbocycles. The fourth-order valence-corrected chi connectivity index (χ4v) is 3.85. The Morgan fingerprint density at radius 3 is 2.64 bits per heavy atom. The maximum absolute atomic E-state index is 12.6. The second-order valence-electron chi connectivity index (χ2n) is 7.19. The molecule has 0 aliphatic rings. The third-order valence-electron chi connectivity index (χ3n) is 4.67. The van der Waals surface area contributed by atoms with Gasteiger partial charge in [-0.1, -0.05) is 40.9 Å². The molecule has 2 aromatic carbocycles. The highest BCUT2D eigenvalue weighted by atomic mass is 79.9. The van der Waals surface area contributed by atoms with Crippen molar-refractivity contribution in [3.05, 3.63) is 96.9 Å². The number of furan rings is 1. The molecule has 0 saturated heterocycles. The number of halogens is 4. The van der Waals surface area contributed by atoms with E-state index in [2.05, 4.69) is 26.3 Å². The van der Waals surface area contributed by atoms with Gasteiger partial charge in [0.1, 0.15) is 18.1 Å². The van der Waals surface area contributed by atoms with E-state index >= 15 is 0 Å². The molecule has 0 aliphatic heterocycles. The Bertz CT molecular complexity index is 1320. The predicted octanol–water partition coefficient (Wildman–Crippen LogP) is 7.39. The fourth-order valence-electron chi connectivity index (χ4n) is 3.00. The maximum Gasteiger partial charge on any atom is 0.292 e. The summed E-state index contributed by atoms with van der Waals surface area (Å²) in [6.07, 6.45) is 1.76. The number of benzene rings is 2. The van der Waals surface area contributed by atoms with Gasteiger partial charge in [0.15, 0.2) is 11.6 Å². The van der Waals surface area contributed by atoms with E-state index in [1.165, 1.54) is 0 Å². The molecule has 170 valence electrons. The standard InChI is InChI=1S/C23H17BrCl3N3O3/c1-13-8-15(3-6-18(13)25)32-12-16-4-7-21(33-16)23(31)28-22-17(24)11-30(29-22)10-14-2-5-19(26)20(27)9-14/h2-9,11H,10,12H2,1H3,(H,28,29,31). The van der Waals surface area contributed by atoms with Crippen LogP contribution in [-0.2, 0) is 13.2 Å². The minimum Gasteiger partial charge on any atom is -0.486 e. The molecule has 2 heterocycles. The van der Waals surface area contributed by atoms with Crippen molar-refractivity contribution in [2.24, 2.45) is 0 Å². The van der Waals surface area contributed by atoms with Crippen LogP contribution in [0.2, 0.25) is 15.1 Å². The number of aromatic nitrogens is 2. The predicted molar refractivity (Wildman–Crippen MR) is 133 cm³/mol. The lowest BCUT2D eigenvalue weighted by Crippen LogP contribution is -2.12. The number of hydrogen-bond acceptors (Lipinski definition) is 4. The first-order chi connectivity index (χ1) is 15.8. The summed E-state index contributed by atoms with van der Waals surface area (Å²) in [7, 11) is 0. The Hall–Kier alpha value is -2.45. The van der Waals surface area contributed by atoms with Gasteiger partial charge < -0.3 is 14.5 Å². The van der Waals surface area contributed by atoms with E-state index in [-0.39, 0.29) is 12.4 Å². The first-order valence-electron chi connectivity index (χ1n) is 9.74. The number of nitrogens with zero attached hydrogens (tertiary/aromatic N) is 2. The summed E-state index contributed by atoms with van der Waals surface area (Å²) < 4.78 is 13.6. The van der Waals surface area contributed by atoms with E-state index in [9.17, 15) is 4.79 Å². The number of hydrogen-bond donors (Lipinski definition) is 1. The van der Waals surface area contributed by atoms with Crippen molar-refractivity contribution >= 4 is 62.5 Å². The monoisotopic (exact) mass is 567 g/mol. The molecular formula is C23H17BrCl3N3O3. The van der Waals surface area contributed by atoms with E-state index < -0.39 is 5.91 Å². The van der Waals surface area contributed by atoms with Crippen molar-refractivity contribution in [2.75, 3.05) is 5.32 Å². The van der Waals surface area contributed by atoms with Gasteiger partial charge in [-0.25, -0.2) is 0 Å². The third kappa shape index (κ3) is 5.92. The summed E-state index contributed by atoms with van der Waals surface area (Å²) in [5, 5.41) is 8.77. The molecule has 0 saturated carbocycles. The van der Waals surface area contributed by atoms with Crippen LogP contribution in [0.3, 0.4) is 0 Å². The second kappa shape index (κ2) is 10.2. The molecule has 1 amide bonds. The van der Waals surface area contributed by atoms with Crippen LogP contribution in [0.1, 0.15) is 27.4 Å². The normalized spacial score (nSPS) is 10.9. The first kappa shape index (κ1) is 23.7. The molecule has 0 fully saturated rings. The zero-order chi connectivity index (χ0) is 23.5. The highest BCUT2D eigenvalue weighted by Gasteiger charge is 2.16. The average molecular weight is 570 g/mol. The van der Waals surface area contributed by atoms with Crippen molar-refractivity contribution in [1.29, 1.82) is 0 Å². The van der Waals surface area contributed by atoms with Gasteiger partial charge in [0.2, 0.25) is 0 Å². The van der Waals surface area contributed by atoms with E-state index in [1.54, 1.807) is 47.3 Å². The molecule has 0 atom stereocenters. The number of rotatable bonds is 7. The van der Waals surface area contributed by atoms with Crippen LogP contribution in [0.5, 0.6) is 5.75 Å². The zero-order valence-corrected chi connectivity index (χ0v) is 21.1. The molecule has 0 unspecified atom stereocenters. The minimum atomic E-state index is -0.427. The van der Waals surface area contributed by atoms with Crippen LogP contribution in [0, 0.1) is 6.92 Å². The summed E-state index contributed by atoms with van der Waals surface area (Å²) in [5.74, 6) is 1.26. The van der Waals surface area contributed by atoms with Crippen LogP contribution in [-0.4, -0.2) is 15.7 Å². The lowest BCUT2D eigenvalue weighted by atomic mass is 10.2. The van der Waals surface area contributed by atoms with Crippen LogP contribution < -0.4 is 10.1 Å². The van der Waals surface area contributed by atoms with Crippen LogP contribution in [0.15, 0.2) is 63.6 Å². The molecule has 0 bridgehead atoms. The Morgan fingerprint density at radius 2 is 1.88 bits per heavy atom. The van der Waals surface area contributed by atoms with Gasteiger partial charge in [0, 0.05) is 11.2 Å². The lowest BCUT2D eigenvalue weighted by Gasteiger charge is -2.06. The SMILES string of the molecule is Cc1cc(OCc2ccc(C(=O)Nc3nn(Cc4ccc(Cl)c(Cl)c4)cc3Br)o2)ccc1Cl. The second-order valence-corrected chi connectivity index (χ2v) is 9.27. The summed E-state index contributed by atoms with van der Waals surface area (Å²) >= 11 is 21.5. The molecule has 4 rings (SSSR count). The Morgan fingerprint density at radius 1 is 1.09 bits per heavy atom. The number of aryl methyl sites for hydroxylation is 1. The topological polar surface area (TPSA) is 69.3 Å². The van der Waals surface area contributed by atoms with E-state index in [0.717, 1.165) is 11.1 Å². The number of anilines is 1. The zero-order valence-electron chi connectivity index (χ0n) is 17.2. The molecule has 0 radical (unpaired) electrons. The van der Waals surface area contributed by atoms with Crippen LogP contribution in [0.4, 0.5) is 5.82 Å². The van der Waals surface area contributed by atoms with E-state index in [0.29, 0.717) is 43.4 Å². The maximum atomic E-state index is 12.6. The van der Waals surface area contributed by atoms with Gasteiger partial charge in [0.05, 0.1) is 21.1 Å². The number of amides is 1. The summed E-state index contributed by atoms with van der Waals surface area (Å²) in [4.78, 5) is 12.6. The molecule has 1 N–H and O–H groups in total. The summed E-state index contributed by atoms with van der Waals surface area (Å²) in [6.45, 7) is 2.53. The van der Waals surface area contributed by atoms with Crippen molar-refractivity contribution in [3.63, 3.8) is 0 Å². The number of nitrogens with one attached hydrogen (secondary N) is 1. The molecule has 10 heteroatoms. The van der Waals surface area contributed by atoms with Gasteiger partial charge in [0.25, 0.3) is 5.91 Å². The van der Waals surface area contributed by atoms with Gasteiger partial charge in [-0.05, 0) is 76.4 Å². The highest BCUT2D eigenvalue weighted by Crippen LogP contribution is 2.26. The molecule has 4 aromatic rings. The average Bonchev–Trinajstić information content (AvgIpc) is 3.38.